The van der Waals surface area contributed by atoms with E-state index in [0.29, 0.717) is 17.9 Å². The second-order valence-electron chi connectivity index (χ2n) is 8.23. The number of ether oxygens (including phenoxy) is 1. The molecule has 2 aromatic heterocycles. The van der Waals surface area contributed by atoms with E-state index in [2.05, 4.69) is 40.3 Å². The van der Waals surface area contributed by atoms with Gasteiger partial charge in [0, 0.05) is 24.4 Å². The Morgan fingerprint density at radius 1 is 0.892 bits per heavy atom. The summed E-state index contributed by atoms with van der Waals surface area (Å²) in [5.41, 5.74) is 5.32. The largest absolute Gasteiger partial charge is 0.362 e. The van der Waals surface area contributed by atoms with Crippen LogP contribution in [0.2, 0.25) is 0 Å². The molecule has 0 bridgehead atoms. The molecule has 0 saturated heterocycles. The van der Waals surface area contributed by atoms with Gasteiger partial charge in [0.1, 0.15) is 17.9 Å². The molecule has 5 aromatic rings. The Morgan fingerprint density at radius 3 is 2.35 bits per heavy atom. The molecule has 6 nitrogen and oxygen atoms in total. The summed E-state index contributed by atoms with van der Waals surface area (Å²) >= 11 is 0. The smallest absolute Gasteiger partial charge is 0.148 e. The van der Waals surface area contributed by atoms with Crippen molar-refractivity contribution >= 4 is 35.6 Å². The fraction of sp³-hybridized carbons (Fsp3) is 0.103. The fourth-order valence-corrected chi connectivity index (χ4v) is 4.21. The summed E-state index contributed by atoms with van der Waals surface area (Å²) in [5.74, 6) is 0. The number of rotatable bonds is 6. The van der Waals surface area contributed by atoms with Gasteiger partial charge in [0.05, 0.1) is 36.5 Å². The van der Waals surface area contributed by atoms with Crippen molar-refractivity contribution in [3.8, 4) is 23.3 Å². The van der Waals surface area contributed by atoms with Crippen molar-refractivity contribution in [3.05, 3.63) is 120 Å². The van der Waals surface area contributed by atoms with Crippen LogP contribution in [0.5, 0.6) is 0 Å². The zero-order valence-electron chi connectivity index (χ0n) is 19.9. The SMILES string of the molecule is Cl.Cl.Cn1cncc1C(OCc1ccc(C#N)cc1)c1cnc(C#N)c(-c2cccc3ccccc23)c1. The van der Waals surface area contributed by atoms with Crippen molar-refractivity contribution in [1.82, 2.24) is 14.5 Å². The van der Waals surface area contributed by atoms with Crippen LogP contribution in [-0.2, 0) is 18.4 Å². The van der Waals surface area contributed by atoms with Crippen LogP contribution >= 0.6 is 24.8 Å². The second kappa shape index (κ2) is 12.2. The molecule has 184 valence electrons. The average Bonchev–Trinajstić information content (AvgIpc) is 3.34. The Bertz CT molecular complexity index is 1590. The van der Waals surface area contributed by atoms with E-state index >= 15 is 0 Å². The lowest BCUT2D eigenvalue weighted by molar-refractivity contribution is 0.0620. The van der Waals surface area contributed by atoms with Gasteiger partial charge in [0.15, 0.2) is 0 Å². The van der Waals surface area contributed by atoms with E-state index in [1.807, 2.05) is 54.1 Å². The van der Waals surface area contributed by atoms with Crippen LogP contribution in [-0.4, -0.2) is 14.5 Å². The molecule has 0 amide bonds. The summed E-state index contributed by atoms with van der Waals surface area (Å²) in [6.07, 6.45) is 4.76. The normalized spacial score (nSPS) is 11.0. The molecule has 37 heavy (non-hydrogen) atoms. The minimum atomic E-state index is -0.452. The fourth-order valence-electron chi connectivity index (χ4n) is 4.21. The second-order valence-corrected chi connectivity index (χ2v) is 8.23. The molecule has 0 N–H and O–H groups in total. The van der Waals surface area contributed by atoms with Gasteiger partial charge in [-0.3, -0.25) is 0 Å². The number of fused-ring (bicyclic) bond motifs is 1. The number of halogens is 2. The van der Waals surface area contributed by atoms with Gasteiger partial charge in [0.25, 0.3) is 0 Å². The molecule has 0 fully saturated rings. The average molecular weight is 528 g/mol. The first-order valence-electron chi connectivity index (χ1n) is 11.1. The number of imidazole rings is 1. The summed E-state index contributed by atoms with van der Waals surface area (Å²) in [6.45, 7) is 0.338. The molecule has 5 rings (SSSR count). The standard InChI is InChI=1S/C29H21N5O.2ClH/c1-34-19-32-17-28(34)29(35-18-21-11-9-20(14-30)10-12-21)23-13-26(27(15-31)33-16-23)25-8-4-6-22-5-2-3-7-24(22)25;;/h2-13,16-17,19,29H,18H2,1H3;2*1H. The molecule has 3 aromatic carbocycles. The molecule has 0 spiro atoms. The first kappa shape index (κ1) is 27.4. The molecule has 0 aliphatic rings. The number of nitrogens with zero attached hydrogens (tertiary/aromatic N) is 5. The summed E-state index contributed by atoms with van der Waals surface area (Å²) < 4.78 is 8.31. The summed E-state index contributed by atoms with van der Waals surface area (Å²) in [6, 6.07) is 27.9. The van der Waals surface area contributed by atoms with Crippen LogP contribution in [0.25, 0.3) is 21.9 Å². The number of nitriles is 2. The zero-order chi connectivity index (χ0) is 24.2. The molecule has 0 radical (unpaired) electrons. The number of hydrogen-bond acceptors (Lipinski definition) is 5. The van der Waals surface area contributed by atoms with E-state index in [4.69, 9.17) is 10.00 Å². The third kappa shape index (κ3) is 5.63. The van der Waals surface area contributed by atoms with E-state index in [0.717, 1.165) is 38.7 Å². The molecule has 2 heterocycles. The van der Waals surface area contributed by atoms with Crippen LogP contribution in [0.1, 0.15) is 34.2 Å². The van der Waals surface area contributed by atoms with Gasteiger partial charge in [-0.25, -0.2) is 9.97 Å². The minimum absolute atomic E-state index is 0. The molecule has 1 unspecified atom stereocenters. The van der Waals surface area contributed by atoms with Crippen molar-refractivity contribution in [3.63, 3.8) is 0 Å². The summed E-state index contributed by atoms with van der Waals surface area (Å²) in [4.78, 5) is 8.79. The van der Waals surface area contributed by atoms with Crippen molar-refractivity contribution in [2.24, 2.45) is 7.05 Å². The van der Waals surface area contributed by atoms with Gasteiger partial charge < -0.3 is 9.30 Å². The predicted octanol–water partition coefficient (Wildman–Crippen LogP) is 6.53. The Morgan fingerprint density at radius 2 is 1.65 bits per heavy atom. The molecule has 0 saturated carbocycles. The van der Waals surface area contributed by atoms with E-state index in [1.54, 1.807) is 30.9 Å². The maximum Gasteiger partial charge on any atom is 0.148 e. The van der Waals surface area contributed by atoms with Gasteiger partial charge in [-0.1, -0.05) is 54.6 Å². The Hall–Kier alpha value is -4.20. The Labute approximate surface area is 227 Å². The van der Waals surface area contributed by atoms with Gasteiger partial charge in [-0.15, -0.1) is 24.8 Å². The third-order valence-electron chi connectivity index (χ3n) is 6.02. The highest BCUT2D eigenvalue weighted by atomic mass is 35.5. The number of aryl methyl sites for hydroxylation is 1. The van der Waals surface area contributed by atoms with E-state index in [1.165, 1.54) is 0 Å². The monoisotopic (exact) mass is 527 g/mol. The van der Waals surface area contributed by atoms with Crippen LogP contribution in [0, 0.1) is 22.7 Å². The first-order valence-corrected chi connectivity index (χ1v) is 11.1. The zero-order valence-corrected chi connectivity index (χ0v) is 21.5. The van der Waals surface area contributed by atoms with Gasteiger partial charge in [0.2, 0.25) is 0 Å². The highest BCUT2D eigenvalue weighted by Crippen LogP contribution is 2.34. The minimum Gasteiger partial charge on any atom is -0.362 e. The lowest BCUT2D eigenvalue weighted by atomic mass is 9.95. The molecular weight excluding hydrogens is 505 g/mol. The maximum atomic E-state index is 9.82. The van der Waals surface area contributed by atoms with Crippen molar-refractivity contribution in [2.75, 3.05) is 0 Å². The number of benzene rings is 3. The topological polar surface area (TPSA) is 87.5 Å². The van der Waals surface area contributed by atoms with Crippen LogP contribution < -0.4 is 0 Å². The third-order valence-corrected chi connectivity index (χ3v) is 6.02. The predicted molar refractivity (Wildman–Crippen MR) is 147 cm³/mol. The Balaban J connectivity index is 0.00000190. The van der Waals surface area contributed by atoms with E-state index in [-0.39, 0.29) is 24.8 Å². The molecule has 0 aliphatic heterocycles. The molecule has 0 aliphatic carbocycles. The van der Waals surface area contributed by atoms with Crippen molar-refractivity contribution in [1.29, 1.82) is 10.5 Å². The number of pyridine rings is 1. The summed E-state index contributed by atoms with van der Waals surface area (Å²) in [5, 5.41) is 21.0. The maximum absolute atomic E-state index is 9.82. The number of hydrogen-bond donors (Lipinski definition) is 0. The molecular formula is C29H23Cl2N5O. The highest BCUT2D eigenvalue weighted by molar-refractivity contribution is 5.97. The highest BCUT2D eigenvalue weighted by Gasteiger charge is 2.21. The van der Waals surface area contributed by atoms with Crippen LogP contribution in [0.15, 0.2) is 91.5 Å². The van der Waals surface area contributed by atoms with Crippen LogP contribution in [0.4, 0.5) is 0 Å². The number of aromatic nitrogens is 3. The molecule has 8 heteroatoms. The lowest BCUT2D eigenvalue weighted by Gasteiger charge is -2.20. The van der Waals surface area contributed by atoms with Crippen molar-refractivity contribution in [2.45, 2.75) is 12.7 Å². The van der Waals surface area contributed by atoms with Gasteiger partial charge in [-0.05, 0) is 40.1 Å². The first-order chi connectivity index (χ1) is 17.2. The quantitative estimate of drug-likeness (QED) is 0.250. The van der Waals surface area contributed by atoms with E-state index < -0.39 is 6.10 Å². The van der Waals surface area contributed by atoms with E-state index in [9.17, 15) is 5.26 Å². The van der Waals surface area contributed by atoms with Crippen LogP contribution in [0.3, 0.4) is 0 Å². The molecule has 1 atom stereocenters. The summed E-state index contributed by atoms with van der Waals surface area (Å²) in [7, 11) is 1.92. The van der Waals surface area contributed by atoms with Crippen molar-refractivity contribution < 1.29 is 4.74 Å². The lowest BCUT2D eigenvalue weighted by Crippen LogP contribution is -2.11. The Kier molecular flexibility index (Phi) is 9.00. The van der Waals surface area contributed by atoms with Gasteiger partial charge in [-0.2, -0.15) is 10.5 Å². The van der Waals surface area contributed by atoms with Gasteiger partial charge >= 0.3 is 0 Å².